The van der Waals surface area contributed by atoms with E-state index in [4.69, 9.17) is 0 Å². The van der Waals surface area contributed by atoms with Gasteiger partial charge in [-0.2, -0.15) is 18.3 Å². The number of aromatic nitrogens is 2. The average molecular weight is 422 g/mol. The summed E-state index contributed by atoms with van der Waals surface area (Å²) >= 11 is 0. The summed E-state index contributed by atoms with van der Waals surface area (Å²) in [5.41, 5.74) is -1.02. The summed E-state index contributed by atoms with van der Waals surface area (Å²) in [6.45, 7) is 5.79. The van der Waals surface area contributed by atoms with Gasteiger partial charge in [0.2, 0.25) is 0 Å². The second kappa shape index (κ2) is 7.97. The summed E-state index contributed by atoms with van der Waals surface area (Å²) in [6.07, 6.45) is 0.102. The first-order chi connectivity index (χ1) is 13.9. The number of amides is 2. The van der Waals surface area contributed by atoms with E-state index in [-0.39, 0.29) is 29.2 Å². The van der Waals surface area contributed by atoms with Crippen molar-refractivity contribution in [2.45, 2.75) is 44.8 Å². The van der Waals surface area contributed by atoms with E-state index >= 15 is 0 Å². The van der Waals surface area contributed by atoms with E-state index < -0.39 is 23.8 Å². The van der Waals surface area contributed by atoms with Crippen LogP contribution in [0.3, 0.4) is 0 Å². The molecular formula is C21H22F4N4O. The molecule has 0 fully saturated rings. The monoisotopic (exact) mass is 422 g/mol. The summed E-state index contributed by atoms with van der Waals surface area (Å²) < 4.78 is 54.7. The lowest BCUT2D eigenvalue weighted by molar-refractivity contribution is -0.136. The van der Waals surface area contributed by atoms with Crippen molar-refractivity contribution in [3.63, 3.8) is 0 Å². The van der Waals surface area contributed by atoms with Crippen molar-refractivity contribution >= 4 is 17.5 Å². The Labute approximate surface area is 171 Å². The van der Waals surface area contributed by atoms with Gasteiger partial charge in [0, 0.05) is 17.9 Å². The van der Waals surface area contributed by atoms with Crippen LogP contribution in [0.4, 0.5) is 33.9 Å². The molecule has 1 heterocycles. The Morgan fingerprint density at radius 1 is 1.17 bits per heavy atom. The average Bonchev–Trinajstić information content (AvgIpc) is 3.05. The molecule has 0 spiro atoms. The quantitative estimate of drug-likeness (QED) is 0.579. The highest BCUT2D eigenvalue weighted by atomic mass is 19.4. The van der Waals surface area contributed by atoms with Crippen LogP contribution in [0.15, 0.2) is 54.4 Å². The van der Waals surface area contributed by atoms with Crippen molar-refractivity contribution in [2.24, 2.45) is 0 Å². The molecule has 1 aliphatic carbocycles. The normalized spacial score (nSPS) is 16.9. The highest BCUT2D eigenvalue weighted by molar-refractivity contribution is 5.99. The minimum atomic E-state index is -4.61. The molecule has 1 aromatic heterocycles. The molecule has 1 aromatic carbocycles. The zero-order chi connectivity index (χ0) is 22.1. The highest BCUT2D eigenvalue weighted by Crippen LogP contribution is 2.35. The van der Waals surface area contributed by atoms with Gasteiger partial charge in [-0.05, 0) is 18.2 Å². The lowest BCUT2D eigenvalue weighted by atomic mass is 9.92. The predicted molar refractivity (Wildman–Crippen MR) is 107 cm³/mol. The fourth-order valence-electron chi connectivity index (χ4n) is 3.01. The summed E-state index contributed by atoms with van der Waals surface area (Å²) in [7, 11) is 0. The number of nitrogens with one attached hydrogen (secondary N) is 2. The number of carbonyl (C=O) groups excluding carboxylic acids is 1. The van der Waals surface area contributed by atoms with E-state index in [1.54, 1.807) is 18.2 Å². The minimum Gasteiger partial charge on any atom is -0.307 e. The molecule has 1 unspecified atom stereocenters. The van der Waals surface area contributed by atoms with Crippen LogP contribution in [0.1, 0.15) is 44.5 Å². The van der Waals surface area contributed by atoms with Crippen molar-refractivity contribution in [1.82, 2.24) is 9.78 Å². The maximum atomic E-state index is 13.8. The molecule has 1 atom stereocenters. The van der Waals surface area contributed by atoms with Crippen LogP contribution in [0.5, 0.6) is 0 Å². The lowest BCUT2D eigenvalue weighted by Crippen LogP contribution is -2.24. The Bertz CT molecular complexity index is 999. The fraction of sp³-hybridized carbons (Fsp3) is 0.333. The van der Waals surface area contributed by atoms with Gasteiger partial charge in [0.05, 0.1) is 23.0 Å². The lowest BCUT2D eigenvalue weighted by Gasteiger charge is -2.19. The Balaban J connectivity index is 1.87. The third kappa shape index (κ3) is 4.90. The number of nitrogens with zero attached hydrogens (tertiary/aromatic N) is 2. The standard InChI is InChI=1S/C21H22F4N4O/c1-20(2,3)17-12-18(29(28-17)14-8-6-7-13(22)11-14)27-19(30)26-16-10-5-4-9-15(16)21(23,24)25/h4-10,12,14H,11H2,1-3H3,(H2,26,27,30). The first-order valence-corrected chi connectivity index (χ1v) is 9.32. The molecule has 0 bridgehead atoms. The van der Waals surface area contributed by atoms with E-state index in [1.807, 2.05) is 20.8 Å². The van der Waals surface area contributed by atoms with E-state index in [1.165, 1.54) is 29.0 Å². The van der Waals surface area contributed by atoms with Gasteiger partial charge in [0.15, 0.2) is 0 Å². The van der Waals surface area contributed by atoms with Crippen LogP contribution >= 0.6 is 0 Å². The number of para-hydroxylation sites is 1. The number of anilines is 2. The third-order valence-electron chi connectivity index (χ3n) is 4.56. The van der Waals surface area contributed by atoms with Gasteiger partial charge >= 0.3 is 12.2 Å². The Morgan fingerprint density at radius 2 is 1.87 bits per heavy atom. The number of hydrogen-bond acceptors (Lipinski definition) is 2. The SMILES string of the molecule is CC(C)(C)c1cc(NC(=O)Nc2ccccc2C(F)(F)F)n(C2C=CC=C(F)C2)n1. The summed E-state index contributed by atoms with van der Waals surface area (Å²) in [6, 6.07) is 5.01. The molecule has 0 radical (unpaired) electrons. The molecule has 30 heavy (non-hydrogen) atoms. The van der Waals surface area contributed by atoms with Crippen molar-refractivity contribution in [2.75, 3.05) is 10.6 Å². The van der Waals surface area contributed by atoms with Crippen molar-refractivity contribution in [3.8, 4) is 0 Å². The molecule has 3 rings (SSSR count). The first-order valence-electron chi connectivity index (χ1n) is 9.32. The smallest absolute Gasteiger partial charge is 0.307 e. The van der Waals surface area contributed by atoms with Gasteiger partial charge in [-0.1, -0.05) is 45.1 Å². The number of rotatable bonds is 3. The highest BCUT2D eigenvalue weighted by Gasteiger charge is 2.33. The Hall–Kier alpha value is -3.10. The Morgan fingerprint density at radius 3 is 2.50 bits per heavy atom. The van der Waals surface area contributed by atoms with Gasteiger partial charge in [-0.25, -0.2) is 13.9 Å². The maximum Gasteiger partial charge on any atom is 0.418 e. The topological polar surface area (TPSA) is 59.0 Å². The predicted octanol–water partition coefficient (Wildman–Crippen LogP) is 6.20. The number of carbonyl (C=O) groups is 1. The van der Waals surface area contributed by atoms with Crippen molar-refractivity contribution < 1.29 is 22.4 Å². The molecule has 2 aromatic rings. The zero-order valence-electron chi connectivity index (χ0n) is 16.7. The van der Waals surface area contributed by atoms with Crippen molar-refractivity contribution in [3.05, 3.63) is 65.6 Å². The van der Waals surface area contributed by atoms with E-state index in [0.717, 1.165) is 6.07 Å². The molecule has 0 aliphatic heterocycles. The molecule has 2 amide bonds. The minimum absolute atomic E-state index is 0.0645. The molecule has 2 N–H and O–H groups in total. The third-order valence-corrected chi connectivity index (χ3v) is 4.56. The molecule has 5 nitrogen and oxygen atoms in total. The molecule has 1 aliphatic rings. The van der Waals surface area contributed by atoms with E-state index in [9.17, 15) is 22.4 Å². The second-order valence-electron chi connectivity index (χ2n) is 8.00. The summed E-state index contributed by atoms with van der Waals surface area (Å²) in [4.78, 5) is 12.5. The van der Waals surface area contributed by atoms with Gasteiger partial charge in [-0.15, -0.1) is 0 Å². The number of hydrogen-bond donors (Lipinski definition) is 2. The van der Waals surface area contributed by atoms with Crippen LogP contribution in [0.25, 0.3) is 0 Å². The number of halogens is 4. The van der Waals surface area contributed by atoms with Gasteiger partial charge in [0.1, 0.15) is 11.6 Å². The largest absolute Gasteiger partial charge is 0.418 e. The number of benzene rings is 1. The molecule has 0 saturated heterocycles. The van der Waals surface area contributed by atoms with E-state index in [0.29, 0.717) is 5.69 Å². The molecular weight excluding hydrogens is 400 g/mol. The van der Waals surface area contributed by atoms with Crippen LogP contribution in [0.2, 0.25) is 0 Å². The number of alkyl halides is 3. The van der Waals surface area contributed by atoms with Gasteiger partial charge in [0.25, 0.3) is 0 Å². The van der Waals surface area contributed by atoms with Crippen LogP contribution in [0, 0.1) is 0 Å². The maximum absolute atomic E-state index is 13.8. The van der Waals surface area contributed by atoms with E-state index in [2.05, 4.69) is 15.7 Å². The molecule has 9 heteroatoms. The number of allylic oxidation sites excluding steroid dienone is 4. The molecule has 160 valence electrons. The number of urea groups is 1. The van der Waals surface area contributed by atoms with Gasteiger partial charge in [-0.3, -0.25) is 5.32 Å². The molecule has 0 saturated carbocycles. The van der Waals surface area contributed by atoms with Crippen molar-refractivity contribution in [1.29, 1.82) is 0 Å². The van der Waals surface area contributed by atoms with Crippen LogP contribution in [-0.2, 0) is 11.6 Å². The second-order valence-corrected chi connectivity index (χ2v) is 8.00. The Kier molecular flexibility index (Phi) is 5.74. The zero-order valence-corrected chi connectivity index (χ0v) is 16.7. The van der Waals surface area contributed by atoms with Gasteiger partial charge < -0.3 is 5.32 Å². The van der Waals surface area contributed by atoms with Crippen LogP contribution in [-0.4, -0.2) is 15.8 Å². The van der Waals surface area contributed by atoms with Crippen LogP contribution < -0.4 is 10.6 Å². The fourth-order valence-corrected chi connectivity index (χ4v) is 3.01. The first kappa shape index (κ1) is 21.6. The summed E-state index contributed by atoms with van der Waals surface area (Å²) in [5, 5.41) is 9.29. The summed E-state index contributed by atoms with van der Waals surface area (Å²) in [5.74, 6) is -0.0731.